The van der Waals surface area contributed by atoms with Crippen LogP contribution in [0.15, 0.2) is 30.3 Å². The summed E-state index contributed by atoms with van der Waals surface area (Å²) >= 11 is 0. The van der Waals surface area contributed by atoms with Crippen molar-refractivity contribution in [2.75, 3.05) is 6.61 Å². The quantitative estimate of drug-likeness (QED) is 0.576. The highest BCUT2D eigenvalue weighted by Crippen LogP contribution is 2.35. The van der Waals surface area contributed by atoms with E-state index in [1.165, 1.54) is 0 Å². The minimum Gasteiger partial charge on any atom is -0.465 e. The van der Waals surface area contributed by atoms with Crippen LogP contribution in [0.4, 0.5) is 4.79 Å². The molecule has 1 aromatic carbocycles. The Bertz CT molecular complexity index is 655. The lowest BCUT2D eigenvalue weighted by atomic mass is 9.84. The lowest BCUT2D eigenvalue weighted by molar-refractivity contribution is -0.153. The number of carbonyl (C=O) groups is 3. The Morgan fingerprint density at radius 2 is 1.81 bits per heavy atom. The molecule has 0 aliphatic heterocycles. The van der Waals surface area contributed by atoms with Gasteiger partial charge < -0.3 is 14.4 Å². The van der Waals surface area contributed by atoms with Crippen molar-refractivity contribution >= 4 is 17.8 Å². The summed E-state index contributed by atoms with van der Waals surface area (Å²) in [4.78, 5) is 38.6. The molecule has 26 heavy (non-hydrogen) atoms. The van der Waals surface area contributed by atoms with E-state index in [9.17, 15) is 14.4 Å². The van der Waals surface area contributed by atoms with E-state index in [1.54, 1.807) is 11.8 Å². The summed E-state index contributed by atoms with van der Waals surface area (Å²) in [6.45, 7) is 2.19. The Balaban J connectivity index is 1.64. The fourth-order valence-corrected chi connectivity index (χ4v) is 3.47. The molecule has 2 aliphatic rings. The Hall–Kier alpha value is -2.37. The highest BCUT2D eigenvalue weighted by Gasteiger charge is 2.44. The molecule has 6 nitrogen and oxygen atoms in total. The van der Waals surface area contributed by atoms with Crippen molar-refractivity contribution in [1.29, 1.82) is 0 Å². The summed E-state index contributed by atoms with van der Waals surface area (Å²) in [7, 11) is 0. The molecule has 0 spiro atoms. The molecule has 1 aromatic rings. The largest absolute Gasteiger partial charge is 0.465 e. The van der Waals surface area contributed by atoms with Gasteiger partial charge in [0.25, 0.3) is 0 Å². The molecule has 0 aromatic heterocycles. The number of esters is 1. The van der Waals surface area contributed by atoms with E-state index >= 15 is 0 Å². The zero-order valence-corrected chi connectivity index (χ0v) is 15.1. The molecule has 2 unspecified atom stereocenters. The number of hydrogen-bond acceptors (Lipinski definition) is 5. The summed E-state index contributed by atoms with van der Waals surface area (Å²) < 4.78 is 10.5. The molecular weight excluding hydrogens is 334 g/mol. The van der Waals surface area contributed by atoms with Gasteiger partial charge in [-0.25, -0.2) is 4.79 Å². The lowest BCUT2D eigenvalue weighted by Gasteiger charge is -2.35. The normalized spacial score (nSPS) is 22.6. The molecule has 6 heteroatoms. The summed E-state index contributed by atoms with van der Waals surface area (Å²) in [5.41, 5.74) is 0.930. The maximum absolute atomic E-state index is 12.7. The fourth-order valence-electron chi connectivity index (χ4n) is 3.47. The number of carbonyl (C=O) groups excluding carboxylic acids is 3. The van der Waals surface area contributed by atoms with Crippen molar-refractivity contribution in [2.45, 2.75) is 57.7 Å². The van der Waals surface area contributed by atoms with Gasteiger partial charge in [-0.15, -0.1) is 0 Å². The summed E-state index contributed by atoms with van der Waals surface area (Å²) in [5.74, 6) is -1.33. The van der Waals surface area contributed by atoms with Crippen molar-refractivity contribution in [3.8, 4) is 0 Å². The zero-order chi connectivity index (χ0) is 18.5. The first-order valence-corrected chi connectivity index (χ1v) is 9.28. The molecule has 0 saturated heterocycles. The van der Waals surface area contributed by atoms with Crippen molar-refractivity contribution in [2.24, 2.45) is 5.92 Å². The van der Waals surface area contributed by atoms with Crippen LogP contribution in [0.1, 0.15) is 44.6 Å². The molecule has 0 bridgehead atoms. The number of rotatable bonds is 6. The van der Waals surface area contributed by atoms with E-state index in [0.29, 0.717) is 19.3 Å². The average Bonchev–Trinajstić information content (AvgIpc) is 3.47. The smallest absolute Gasteiger partial charge is 0.410 e. The molecule has 2 saturated carbocycles. The highest BCUT2D eigenvalue weighted by atomic mass is 16.6. The second kappa shape index (κ2) is 8.34. The second-order valence-corrected chi connectivity index (χ2v) is 6.88. The van der Waals surface area contributed by atoms with Crippen molar-refractivity contribution in [3.05, 3.63) is 35.9 Å². The topological polar surface area (TPSA) is 72.9 Å². The van der Waals surface area contributed by atoms with Gasteiger partial charge >= 0.3 is 12.1 Å². The lowest BCUT2D eigenvalue weighted by Crippen LogP contribution is -2.47. The number of ether oxygens (including phenoxy) is 2. The first kappa shape index (κ1) is 18.4. The minimum absolute atomic E-state index is 0.0897. The maximum Gasteiger partial charge on any atom is 0.410 e. The molecule has 140 valence electrons. The second-order valence-electron chi connectivity index (χ2n) is 6.88. The number of ketones is 1. The van der Waals surface area contributed by atoms with E-state index in [4.69, 9.17) is 9.47 Å². The van der Waals surface area contributed by atoms with Gasteiger partial charge in [0, 0.05) is 18.5 Å². The Morgan fingerprint density at radius 3 is 2.46 bits per heavy atom. The van der Waals surface area contributed by atoms with E-state index in [0.717, 1.165) is 18.4 Å². The van der Waals surface area contributed by atoms with Gasteiger partial charge in [0.1, 0.15) is 18.3 Å². The Labute approximate surface area is 153 Å². The third-order valence-corrected chi connectivity index (χ3v) is 4.94. The Morgan fingerprint density at radius 1 is 1.08 bits per heavy atom. The first-order chi connectivity index (χ1) is 12.6. The first-order valence-electron chi connectivity index (χ1n) is 9.28. The van der Waals surface area contributed by atoms with Crippen LogP contribution in [0.2, 0.25) is 0 Å². The van der Waals surface area contributed by atoms with Gasteiger partial charge in [-0.1, -0.05) is 30.3 Å². The fraction of sp³-hybridized carbons (Fsp3) is 0.550. The molecule has 0 heterocycles. The van der Waals surface area contributed by atoms with Crippen LogP contribution in [0.5, 0.6) is 0 Å². The monoisotopic (exact) mass is 359 g/mol. The average molecular weight is 359 g/mol. The SMILES string of the molecule is CCOC(=O)C1CC(N(C(=O)OCc2ccccc2)C2CC2)CCC1=O. The number of nitrogens with zero attached hydrogens (tertiary/aromatic N) is 1. The molecule has 3 rings (SSSR count). The van der Waals surface area contributed by atoms with Gasteiger partial charge in [-0.05, 0) is 38.2 Å². The standard InChI is InChI=1S/C20H25NO5/c1-2-25-19(23)17-12-16(10-11-18(17)22)21(15-8-9-15)20(24)26-13-14-6-4-3-5-7-14/h3-7,15-17H,2,8-13H2,1H3. The van der Waals surface area contributed by atoms with Crippen molar-refractivity contribution in [3.63, 3.8) is 0 Å². The van der Waals surface area contributed by atoms with Crippen LogP contribution in [-0.2, 0) is 25.7 Å². The molecule has 2 fully saturated rings. The van der Waals surface area contributed by atoms with Gasteiger partial charge in [0.2, 0.25) is 0 Å². The van der Waals surface area contributed by atoms with Gasteiger partial charge in [0.15, 0.2) is 0 Å². The zero-order valence-electron chi connectivity index (χ0n) is 15.1. The maximum atomic E-state index is 12.7. The van der Waals surface area contributed by atoms with Gasteiger partial charge in [0.05, 0.1) is 6.61 Å². The number of amides is 1. The van der Waals surface area contributed by atoms with E-state index in [1.807, 2.05) is 30.3 Å². The van der Waals surface area contributed by atoms with Crippen LogP contribution in [0.3, 0.4) is 0 Å². The number of Topliss-reactive ketones (excluding diaryl/α,β-unsaturated/α-hetero) is 1. The predicted molar refractivity (Wildman–Crippen MR) is 94.3 cm³/mol. The van der Waals surface area contributed by atoms with Gasteiger partial charge in [-0.2, -0.15) is 0 Å². The van der Waals surface area contributed by atoms with Crippen LogP contribution in [0.25, 0.3) is 0 Å². The van der Waals surface area contributed by atoms with Crippen LogP contribution in [0, 0.1) is 5.92 Å². The third kappa shape index (κ3) is 4.42. The predicted octanol–water partition coefficient (Wildman–Crippen LogP) is 3.09. The molecule has 0 N–H and O–H groups in total. The van der Waals surface area contributed by atoms with Crippen molar-refractivity contribution in [1.82, 2.24) is 4.90 Å². The van der Waals surface area contributed by atoms with Crippen LogP contribution >= 0.6 is 0 Å². The van der Waals surface area contributed by atoms with Gasteiger partial charge in [-0.3, -0.25) is 9.59 Å². The van der Waals surface area contributed by atoms with E-state index in [2.05, 4.69) is 0 Å². The van der Waals surface area contributed by atoms with E-state index in [-0.39, 0.29) is 37.2 Å². The van der Waals surface area contributed by atoms with Crippen LogP contribution in [-0.4, -0.2) is 41.4 Å². The molecule has 1 amide bonds. The molecular formula is C20H25NO5. The number of hydrogen-bond donors (Lipinski definition) is 0. The van der Waals surface area contributed by atoms with Crippen LogP contribution < -0.4 is 0 Å². The highest BCUT2D eigenvalue weighted by molar-refractivity contribution is 5.99. The summed E-state index contributed by atoms with van der Waals surface area (Å²) in [6.07, 6.45) is 2.71. The molecule has 2 atom stereocenters. The molecule has 0 radical (unpaired) electrons. The minimum atomic E-state index is -0.767. The molecule has 2 aliphatic carbocycles. The summed E-state index contributed by atoms with van der Waals surface area (Å²) in [5, 5.41) is 0. The summed E-state index contributed by atoms with van der Waals surface area (Å²) in [6, 6.07) is 9.53. The third-order valence-electron chi connectivity index (χ3n) is 4.94. The Kier molecular flexibility index (Phi) is 5.91. The van der Waals surface area contributed by atoms with E-state index < -0.39 is 11.9 Å². The van der Waals surface area contributed by atoms with Crippen molar-refractivity contribution < 1.29 is 23.9 Å². The number of benzene rings is 1.